The monoisotopic (exact) mass is 288 g/mol. The number of amides is 1. The predicted octanol–water partition coefficient (Wildman–Crippen LogP) is 2.26. The maximum atomic E-state index is 12.0. The minimum Gasteiger partial charge on any atom is -0.495 e. The van der Waals surface area contributed by atoms with Gasteiger partial charge in [-0.25, -0.2) is 4.98 Å². The minimum atomic E-state index is -0.469. The standard InChI is InChI=1S/C13H9ClN4O2/c1-20-11-4-8(5-15)2-3-9(11)18-13(19)10-6-16-7-12(14)17-10/h2-4,6-7H,1H3,(H,18,19). The number of anilines is 1. The van der Waals surface area contributed by atoms with E-state index in [0.29, 0.717) is 17.0 Å². The van der Waals surface area contributed by atoms with E-state index in [1.807, 2.05) is 6.07 Å². The smallest absolute Gasteiger partial charge is 0.276 e. The lowest BCUT2D eigenvalue weighted by molar-refractivity contribution is 0.102. The summed E-state index contributed by atoms with van der Waals surface area (Å²) in [4.78, 5) is 19.6. The van der Waals surface area contributed by atoms with Crippen molar-refractivity contribution in [3.05, 3.63) is 47.0 Å². The van der Waals surface area contributed by atoms with E-state index in [9.17, 15) is 4.79 Å². The lowest BCUT2D eigenvalue weighted by Crippen LogP contribution is -2.14. The van der Waals surface area contributed by atoms with Crippen molar-refractivity contribution in [2.75, 3.05) is 12.4 Å². The molecule has 0 atom stereocenters. The summed E-state index contributed by atoms with van der Waals surface area (Å²) in [5, 5.41) is 11.6. The molecule has 0 fully saturated rings. The molecule has 0 spiro atoms. The predicted molar refractivity (Wildman–Crippen MR) is 72.7 cm³/mol. The number of hydrogen-bond acceptors (Lipinski definition) is 5. The second kappa shape index (κ2) is 5.99. The summed E-state index contributed by atoms with van der Waals surface area (Å²) in [6.07, 6.45) is 2.64. The molecular weight excluding hydrogens is 280 g/mol. The molecule has 1 aromatic carbocycles. The molecule has 2 aromatic rings. The van der Waals surface area contributed by atoms with Gasteiger partial charge in [-0.3, -0.25) is 9.78 Å². The van der Waals surface area contributed by atoms with Crippen molar-refractivity contribution in [3.63, 3.8) is 0 Å². The van der Waals surface area contributed by atoms with Crippen molar-refractivity contribution in [2.24, 2.45) is 0 Å². The van der Waals surface area contributed by atoms with Crippen LogP contribution in [0.3, 0.4) is 0 Å². The van der Waals surface area contributed by atoms with Crippen molar-refractivity contribution < 1.29 is 9.53 Å². The third-order valence-corrected chi connectivity index (χ3v) is 2.60. The van der Waals surface area contributed by atoms with Crippen LogP contribution in [0.5, 0.6) is 5.75 Å². The molecule has 1 N–H and O–H groups in total. The number of hydrogen-bond donors (Lipinski definition) is 1. The number of benzene rings is 1. The van der Waals surface area contributed by atoms with Gasteiger partial charge in [-0.15, -0.1) is 0 Å². The van der Waals surface area contributed by atoms with Gasteiger partial charge < -0.3 is 10.1 Å². The first-order chi connectivity index (χ1) is 9.63. The molecule has 0 unspecified atom stereocenters. The van der Waals surface area contributed by atoms with Crippen LogP contribution < -0.4 is 10.1 Å². The Hall–Kier alpha value is -2.65. The minimum absolute atomic E-state index is 0.0870. The lowest BCUT2D eigenvalue weighted by atomic mass is 10.2. The molecule has 1 heterocycles. The zero-order chi connectivity index (χ0) is 14.5. The summed E-state index contributed by atoms with van der Waals surface area (Å²) in [5.41, 5.74) is 0.949. The van der Waals surface area contributed by atoms with E-state index in [4.69, 9.17) is 21.6 Å². The largest absolute Gasteiger partial charge is 0.495 e. The van der Waals surface area contributed by atoms with E-state index in [-0.39, 0.29) is 10.8 Å². The average Bonchev–Trinajstić information content (AvgIpc) is 2.47. The van der Waals surface area contributed by atoms with E-state index in [1.54, 1.807) is 12.1 Å². The topological polar surface area (TPSA) is 87.9 Å². The molecule has 0 saturated carbocycles. The molecule has 1 aromatic heterocycles. The first-order valence-corrected chi connectivity index (χ1v) is 5.89. The lowest BCUT2D eigenvalue weighted by Gasteiger charge is -2.09. The van der Waals surface area contributed by atoms with Crippen molar-refractivity contribution >= 4 is 23.2 Å². The quantitative estimate of drug-likeness (QED) is 0.936. The third-order valence-electron chi connectivity index (χ3n) is 2.42. The fourth-order valence-electron chi connectivity index (χ4n) is 1.50. The molecule has 0 aliphatic heterocycles. The normalized spacial score (nSPS) is 9.65. The first-order valence-electron chi connectivity index (χ1n) is 5.51. The van der Waals surface area contributed by atoms with Gasteiger partial charge in [0.15, 0.2) is 0 Å². The Kier molecular flexibility index (Phi) is 4.13. The fourth-order valence-corrected chi connectivity index (χ4v) is 1.65. The molecule has 2 rings (SSSR count). The van der Waals surface area contributed by atoms with E-state index in [2.05, 4.69) is 15.3 Å². The number of nitrogens with zero attached hydrogens (tertiary/aromatic N) is 3. The molecule has 7 heteroatoms. The highest BCUT2D eigenvalue weighted by molar-refractivity contribution is 6.29. The Labute approximate surface area is 120 Å². The summed E-state index contributed by atoms with van der Waals surface area (Å²) in [6.45, 7) is 0. The van der Waals surface area contributed by atoms with Crippen LogP contribution in [0.1, 0.15) is 16.1 Å². The van der Waals surface area contributed by atoms with Gasteiger partial charge in [-0.05, 0) is 12.1 Å². The van der Waals surface area contributed by atoms with Crippen LogP contribution in [-0.2, 0) is 0 Å². The number of methoxy groups -OCH3 is 1. The number of carbonyl (C=O) groups excluding carboxylic acids is 1. The summed E-state index contributed by atoms with van der Waals surface area (Å²) in [6, 6.07) is 6.66. The Bertz CT molecular complexity index is 697. The summed E-state index contributed by atoms with van der Waals surface area (Å²) in [5.74, 6) is -0.0876. The molecule has 0 saturated heterocycles. The number of halogens is 1. The van der Waals surface area contributed by atoms with Gasteiger partial charge in [-0.1, -0.05) is 11.6 Å². The summed E-state index contributed by atoms with van der Waals surface area (Å²) in [7, 11) is 1.45. The van der Waals surface area contributed by atoms with Gasteiger partial charge in [-0.2, -0.15) is 5.26 Å². The average molecular weight is 289 g/mol. The molecule has 0 radical (unpaired) electrons. The molecular formula is C13H9ClN4O2. The van der Waals surface area contributed by atoms with Crippen LogP contribution in [0.25, 0.3) is 0 Å². The Morgan fingerprint density at radius 2 is 2.25 bits per heavy atom. The second-order valence-corrected chi connectivity index (χ2v) is 4.10. The molecule has 0 aliphatic rings. The van der Waals surface area contributed by atoms with Gasteiger partial charge in [0.05, 0.1) is 36.8 Å². The van der Waals surface area contributed by atoms with Crippen molar-refractivity contribution in [1.82, 2.24) is 9.97 Å². The number of carbonyl (C=O) groups is 1. The van der Waals surface area contributed by atoms with Gasteiger partial charge in [0.1, 0.15) is 16.6 Å². The van der Waals surface area contributed by atoms with E-state index >= 15 is 0 Å². The van der Waals surface area contributed by atoms with Crippen LogP contribution in [-0.4, -0.2) is 23.0 Å². The zero-order valence-electron chi connectivity index (χ0n) is 10.4. The summed E-state index contributed by atoms with van der Waals surface area (Å²) < 4.78 is 5.12. The zero-order valence-corrected chi connectivity index (χ0v) is 11.2. The van der Waals surface area contributed by atoms with Crippen molar-refractivity contribution in [3.8, 4) is 11.8 Å². The highest BCUT2D eigenvalue weighted by Crippen LogP contribution is 2.25. The van der Waals surface area contributed by atoms with E-state index in [1.165, 1.54) is 25.6 Å². The van der Waals surface area contributed by atoms with Gasteiger partial charge in [0.25, 0.3) is 5.91 Å². The van der Waals surface area contributed by atoms with Crippen LogP contribution in [0.4, 0.5) is 5.69 Å². The number of aromatic nitrogens is 2. The van der Waals surface area contributed by atoms with Crippen LogP contribution in [0, 0.1) is 11.3 Å². The Morgan fingerprint density at radius 1 is 1.45 bits per heavy atom. The van der Waals surface area contributed by atoms with Gasteiger partial charge in [0, 0.05) is 6.07 Å². The summed E-state index contributed by atoms with van der Waals surface area (Å²) >= 11 is 5.68. The van der Waals surface area contributed by atoms with Gasteiger partial charge in [0.2, 0.25) is 0 Å². The maximum Gasteiger partial charge on any atom is 0.276 e. The highest BCUT2D eigenvalue weighted by atomic mass is 35.5. The van der Waals surface area contributed by atoms with Crippen molar-refractivity contribution in [1.29, 1.82) is 5.26 Å². The SMILES string of the molecule is COc1cc(C#N)ccc1NC(=O)c1cncc(Cl)n1. The number of nitrogens with one attached hydrogen (secondary N) is 1. The highest BCUT2D eigenvalue weighted by Gasteiger charge is 2.12. The third kappa shape index (κ3) is 3.02. The molecule has 0 aliphatic carbocycles. The maximum absolute atomic E-state index is 12.0. The Balaban J connectivity index is 2.26. The second-order valence-electron chi connectivity index (χ2n) is 3.71. The molecule has 1 amide bonds. The Morgan fingerprint density at radius 3 is 2.90 bits per heavy atom. The molecule has 0 bridgehead atoms. The van der Waals surface area contributed by atoms with E-state index < -0.39 is 5.91 Å². The molecule has 20 heavy (non-hydrogen) atoms. The number of ether oxygens (including phenoxy) is 1. The van der Waals surface area contributed by atoms with Crippen LogP contribution in [0.15, 0.2) is 30.6 Å². The van der Waals surface area contributed by atoms with Gasteiger partial charge >= 0.3 is 0 Å². The van der Waals surface area contributed by atoms with Crippen LogP contribution >= 0.6 is 11.6 Å². The first kappa shape index (κ1) is 13.8. The molecule has 100 valence electrons. The fraction of sp³-hybridized carbons (Fsp3) is 0.0769. The van der Waals surface area contributed by atoms with Crippen molar-refractivity contribution in [2.45, 2.75) is 0 Å². The number of nitriles is 1. The number of rotatable bonds is 3. The van der Waals surface area contributed by atoms with E-state index in [0.717, 1.165) is 0 Å². The van der Waals surface area contributed by atoms with Crippen LogP contribution in [0.2, 0.25) is 5.15 Å². The molecule has 6 nitrogen and oxygen atoms in total.